The first-order valence-electron chi connectivity index (χ1n) is 6.28. The Kier molecular flexibility index (Phi) is 4.52. The molecule has 2 rings (SSSR count). The Bertz CT molecular complexity index is 831. The van der Waals surface area contributed by atoms with Crippen molar-refractivity contribution in [3.05, 3.63) is 46.1 Å². The van der Waals surface area contributed by atoms with Gasteiger partial charge in [-0.2, -0.15) is 18.4 Å². The minimum atomic E-state index is -4.66. The zero-order chi connectivity index (χ0) is 17.2. The molecule has 0 radical (unpaired) electrons. The van der Waals surface area contributed by atoms with Crippen LogP contribution in [0.3, 0.4) is 0 Å². The van der Waals surface area contributed by atoms with E-state index in [0.29, 0.717) is 15.3 Å². The summed E-state index contributed by atoms with van der Waals surface area (Å²) in [5.74, 6) is -0.570. The minimum Gasteiger partial charge on any atom is -0.366 e. The monoisotopic (exact) mass is 337 g/mol. The number of carbonyl (C=O) groups excluding carboxylic acids is 1. The van der Waals surface area contributed by atoms with Crippen molar-refractivity contribution in [3.63, 3.8) is 0 Å². The van der Waals surface area contributed by atoms with Gasteiger partial charge in [0.05, 0.1) is 5.56 Å². The van der Waals surface area contributed by atoms with E-state index in [2.05, 4.69) is 4.98 Å². The molecule has 23 heavy (non-hydrogen) atoms. The lowest BCUT2D eigenvalue weighted by molar-refractivity contribution is -0.138. The van der Waals surface area contributed by atoms with Crippen molar-refractivity contribution in [1.29, 1.82) is 5.26 Å². The number of nitrogens with two attached hydrogens (primary N) is 1. The SMILES string of the molecule is C/C(=C\c1ccc(-c2cnc(C#N)c(C(F)(F)F)c2)s1)C(N)=O. The van der Waals surface area contributed by atoms with E-state index >= 15 is 0 Å². The highest BCUT2D eigenvalue weighted by atomic mass is 32.1. The number of carbonyl (C=O) groups is 1. The van der Waals surface area contributed by atoms with Gasteiger partial charge < -0.3 is 5.73 Å². The van der Waals surface area contributed by atoms with E-state index in [9.17, 15) is 18.0 Å². The van der Waals surface area contributed by atoms with E-state index in [1.165, 1.54) is 23.6 Å². The van der Waals surface area contributed by atoms with Gasteiger partial charge in [-0.05, 0) is 31.2 Å². The van der Waals surface area contributed by atoms with Crippen molar-refractivity contribution in [2.45, 2.75) is 13.1 Å². The number of primary amides is 1. The number of hydrogen-bond donors (Lipinski definition) is 1. The van der Waals surface area contributed by atoms with Gasteiger partial charge in [0.2, 0.25) is 5.91 Å². The Morgan fingerprint density at radius 3 is 2.70 bits per heavy atom. The van der Waals surface area contributed by atoms with Gasteiger partial charge in [-0.25, -0.2) is 4.98 Å². The third kappa shape index (κ3) is 3.76. The van der Waals surface area contributed by atoms with Crippen LogP contribution >= 0.6 is 11.3 Å². The Balaban J connectivity index is 2.45. The molecule has 118 valence electrons. The number of halogens is 3. The average molecular weight is 337 g/mol. The number of amides is 1. The van der Waals surface area contributed by atoms with Crippen molar-refractivity contribution in [2.24, 2.45) is 5.73 Å². The van der Waals surface area contributed by atoms with Crippen molar-refractivity contribution in [2.75, 3.05) is 0 Å². The average Bonchev–Trinajstić information content (AvgIpc) is 2.94. The number of hydrogen-bond acceptors (Lipinski definition) is 4. The zero-order valence-corrected chi connectivity index (χ0v) is 12.6. The van der Waals surface area contributed by atoms with Gasteiger partial charge in [-0.1, -0.05) is 0 Å². The summed E-state index contributed by atoms with van der Waals surface area (Å²) in [6, 6.07) is 5.61. The molecule has 0 saturated carbocycles. The highest BCUT2D eigenvalue weighted by Gasteiger charge is 2.34. The maximum atomic E-state index is 12.9. The third-order valence-corrected chi connectivity index (χ3v) is 4.04. The zero-order valence-electron chi connectivity index (χ0n) is 11.8. The van der Waals surface area contributed by atoms with Crippen LogP contribution < -0.4 is 5.73 Å². The van der Waals surface area contributed by atoms with Crippen LogP contribution in [0.4, 0.5) is 13.2 Å². The van der Waals surface area contributed by atoms with Crippen LogP contribution in [-0.2, 0) is 11.0 Å². The maximum absolute atomic E-state index is 12.9. The third-order valence-electron chi connectivity index (χ3n) is 2.96. The fourth-order valence-electron chi connectivity index (χ4n) is 1.77. The molecular weight excluding hydrogens is 327 g/mol. The molecule has 0 unspecified atom stereocenters. The number of rotatable bonds is 3. The van der Waals surface area contributed by atoms with Crippen LogP contribution in [0.15, 0.2) is 30.0 Å². The largest absolute Gasteiger partial charge is 0.419 e. The van der Waals surface area contributed by atoms with Crippen LogP contribution in [0.2, 0.25) is 0 Å². The number of alkyl halides is 3. The molecule has 0 aliphatic carbocycles. The molecule has 0 fully saturated rings. The van der Waals surface area contributed by atoms with Crippen LogP contribution in [0.5, 0.6) is 0 Å². The molecule has 1 amide bonds. The highest BCUT2D eigenvalue weighted by molar-refractivity contribution is 7.16. The van der Waals surface area contributed by atoms with E-state index < -0.39 is 23.3 Å². The topological polar surface area (TPSA) is 79.8 Å². The normalized spacial score (nSPS) is 12.0. The first-order valence-corrected chi connectivity index (χ1v) is 7.09. The molecule has 0 aliphatic rings. The molecule has 0 bridgehead atoms. The summed E-state index contributed by atoms with van der Waals surface area (Å²) in [4.78, 5) is 15.8. The molecule has 0 atom stereocenters. The van der Waals surface area contributed by atoms with Gasteiger partial charge in [0.1, 0.15) is 6.07 Å². The Hall–Kier alpha value is -2.66. The molecule has 2 heterocycles. The van der Waals surface area contributed by atoms with E-state index in [1.807, 2.05) is 0 Å². The molecule has 0 aliphatic heterocycles. The molecule has 0 aromatic carbocycles. The van der Waals surface area contributed by atoms with Crippen LogP contribution in [-0.4, -0.2) is 10.9 Å². The number of nitriles is 1. The number of aromatic nitrogens is 1. The fraction of sp³-hybridized carbons (Fsp3) is 0.133. The van der Waals surface area contributed by atoms with Gasteiger partial charge in [0.25, 0.3) is 0 Å². The predicted molar refractivity (Wildman–Crippen MR) is 80.1 cm³/mol. The van der Waals surface area contributed by atoms with Gasteiger partial charge in [-0.3, -0.25) is 4.79 Å². The molecular formula is C15H10F3N3OS. The molecule has 0 spiro atoms. The summed E-state index contributed by atoms with van der Waals surface area (Å²) in [5.41, 5.74) is 3.98. The van der Waals surface area contributed by atoms with Crippen molar-refractivity contribution in [3.8, 4) is 16.5 Å². The predicted octanol–water partition coefficient (Wildman–Crippen LogP) is 3.59. The second-order valence-electron chi connectivity index (χ2n) is 4.62. The van der Waals surface area contributed by atoms with E-state index in [1.54, 1.807) is 25.1 Å². The number of nitrogens with zero attached hydrogens (tertiary/aromatic N) is 2. The summed E-state index contributed by atoms with van der Waals surface area (Å²) in [7, 11) is 0. The van der Waals surface area contributed by atoms with E-state index in [4.69, 9.17) is 11.0 Å². The van der Waals surface area contributed by atoms with E-state index in [-0.39, 0.29) is 5.56 Å². The Labute approximate surface area is 133 Å². The van der Waals surface area contributed by atoms with Crippen LogP contribution in [0.25, 0.3) is 16.5 Å². The van der Waals surface area contributed by atoms with Crippen LogP contribution in [0, 0.1) is 11.3 Å². The molecule has 8 heteroatoms. The van der Waals surface area contributed by atoms with E-state index in [0.717, 1.165) is 6.07 Å². The molecule has 2 N–H and O–H groups in total. The second kappa shape index (κ2) is 6.22. The van der Waals surface area contributed by atoms with Crippen molar-refractivity contribution in [1.82, 2.24) is 4.98 Å². The second-order valence-corrected chi connectivity index (χ2v) is 5.74. The molecule has 2 aromatic heterocycles. The summed E-state index contributed by atoms with van der Waals surface area (Å²) in [6.45, 7) is 1.55. The van der Waals surface area contributed by atoms with Gasteiger partial charge >= 0.3 is 6.18 Å². The Morgan fingerprint density at radius 1 is 1.43 bits per heavy atom. The quantitative estimate of drug-likeness (QED) is 0.869. The smallest absolute Gasteiger partial charge is 0.366 e. The molecule has 0 saturated heterocycles. The summed E-state index contributed by atoms with van der Waals surface area (Å²) in [5, 5.41) is 8.74. The van der Waals surface area contributed by atoms with Crippen molar-refractivity contribution < 1.29 is 18.0 Å². The highest BCUT2D eigenvalue weighted by Crippen LogP contribution is 2.35. The van der Waals surface area contributed by atoms with Crippen molar-refractivity contribution >= 4 is 23.3 Å². The summed E-state index contributed by atoms with van der Waals surface area (Å²) < 4.78 is 38.8. The maximum Gasteiger partial charge on any atom is 0.419 e. The molecule has 2 aromatic rings. The first kappa shape index (κ1) is 16.7. The number of pyridine rings is 1. The standard InChI is InChI=1S/C15H10F3N3OS/c1-8(14(20)22)4-10-2-3-13(23-10)9-5-11(15(16,17)18)12(6-19)21-7-9/h2-5,7H,1H3,(H2,20,22)/b8-4+. The Morgan fingerprint density at radius 2 is 2.13 bits per heavy atom. The lowest BCUT2D eigenvalue weighted by atomic mass is 10.1. The van der Waals surface area contributed by atoms with Gasteiger partial charge in [-0.15, -0.1) is 11.3 Å². The first-order chi connectivity index (χ1) is 10.7. The van der Waals surface area contributed by atoms with Gasteiger partial charge in [0.15, 0.2) is 5.69 Å². The lowest BCUT2D eigenvalue weighted by Gasteiger charge is -2.09. The fourth-order valence-corrected chi connectivity index (χ4v) is 2.77. The number of thiophene rings is 1. The molecule has 4 nitrogen and oxygen atoms in total. The van der Waals surface area contributed by atoms with Gasteiger partial charge in [0, 0.05) is 27.1 Å². The minimum absolute atomic E-state index is 0.248. The lowest BCUT2D eigenvalue weighted by Crippen LogP contribution is -2.11. The summed E-state index contributed by atoms with van der Waals surface area (Å²) >= 11 is 1.19. The summed E-state index contributed by atoms with van der Waals surface area (Å²) in [6.07, 6.45) is -1.89. The van der Waals surface area contributed by atoms with Crippen LogP contribution in [0.1, 0.15) is 23.1 Å².